The molecule has 1 heterocycles. The van der Waals surface area contributed by atoms with Gasteiger partial charge in [-0.15, -0.1) is 0 Å². The van der Waals surface area contributed by atoms with Crippen LogP contribution in [0.2, 0.25) is 0 Å². The van der Waals surface area contributed by atoms with Crippen molar-refractivity contribution in [1.82, 2.24) is 9.97 Å². The third kappa shape index (κ3) is 3.02. The van der Waals surface area contributed by atoms with E-state index < -0.39 is 0 Å². The van der Waals surface area contributed by atoms with E-state index in [2.05, 4.69) is 20.7 Å². The summed E-state index contributed by atoms with van der Waals surface area (Å²) in [6.07, 6.45) is 6.21. The first-order valence-corrected chi connectivity index (χ1v) is 7.37. The molecule has 6 nitrogen and oxygen atoms in total. The molecular formula is C14H25N5O. The van der Waals surface area contributed by atoms with E-state index in [1.165, 1.54) is 6.42 Å². The van der Waals surface area contributed by atoms with Gasteiger partial charge in [0, 0.05) is 12.0 Å². The maximum atomic E-state index is 9.80. The Hall–Kier alpha value is -1.40. The molecule has 1 fully saturated rings. The predicted octanol–water partition coefficient (Wildman–Crippen LogP) is 1.74. The highest BCUT2D eigenvalue weighted by atomic mass is 16.3. The number of nitrogens with one attached hydrogen (secondary N) is 2. The molecule has 1 aromatic rings. The maximum Gasteiger partial charge on any atom is 0.148 e. The minimum atomic E-state index is -0.256. The number of aliphatic hydroxyl groups excluding tert-OH is 1. The van der Waals surface area contributed by atoms with Crippen LogP contribution in [0.15, 0.2) is 0 Å². The van der Waals surface area contributed by atoms with E-state index in [1.807, 2.05) is 13.8 Å². The summed E-state index contributed by atoms with van der Waals surface area (Å²) in [7, 11) is 0. The standard InChI is InChI=1S/C14H25N5O/c1-3-11-16-12(10(2)13(17-11)19-15)18-14(9-20)7-5-4-6-8-14/h20H,3-9,15H2,1-2H3,(H2,16,17,18,19). The zero-order valence-corrected chi connectivity index (χ0v) is 12.4. The summed E-state index contributed by atoms with van der Waals surface area (Å²) < 4.78 is 0. The monoisotopic (exact) mass is 279 g/mol. The van der Waals surface area contributed by atoms with E-state index >= 15 is 0 Å². The van der Waals surface area contributed by atoms with Crippen molar-refractivity contribution < 1.29 is 5.11 Å². The first kappa shape index (κ1) is 15.0. The van der Waals surface area contributed by atoms with Crippen LogP contribution in [-0.4, -0.2) is 27.2 Å². The average Bonchev–Trinajstić information content (AvgIpc) is 2.50. The van der Waals surface area contributed by atoms with Crippen LogP contribution in [0.1, 0.15) is 50.4 Å². The van der Waals surface area contributed by atoms with E-state index in [0.29, 0.717) is 5.82 Å². The van der Waals surface area contributed by atoms with Gasteiger partial charge in [0.25, 0.3) is 0 Å². The summed E-state index contributed by atoms with van der Waals surface area (Å²) >= 11 is 0. The van der Waals surface area contributed by atoms with Crippen LogP contribution in [0, 0.1) is 6.92 Å². The van der Waals surface area contributed by atoms with Crippen molar-refractivity contribution in [3.63, 3.8) is 0 Å². The van der Waals surface area contributed by atoms with Gasteiger partial charge in [0.1, 0.15) is 17.5 Å². The molecule has 0 unspecified atom stereocenters. The van der Waals surface area contributed by atoms with Gasteiger partial charge in [-0.2, -0.15) is 0 Å². The second-order valence-electron chi connectivity index (χ2n) is 5.58. The van der Waals surface area contributed by atoms with Crippen molar-refractivity contribution in [1.29, 1.82) is 0 Å². The van der Waals surface area contributed by atoms with Gasteiger partial charge in [-0.1, -0.05) is 26.2 Å². The first-order valence-electron chi connectivity index (χ1n) is 7.37. The zero-order valence-electron chi connectivity index (χ0n) is 12.4. The van der Waals surface area contributed by atoms with Crippen molar-refractivity contribution in [2.24, 2.45) is 5.84 Å². The Bertz CT molecular complexity index is 457. The minimum absolute atomic E-state index is 0.128. The molecule has 6 heteroatoms. The number of aliphatic hydroxyl groups is 1. The topological polar surface area (TPSA) is 96.1 Å². The van der Waals surface area contributed by atoms with Gasteiger partial charge in [0.15, 0.2) is 0 Å². The summed E-state index contributed by atoms with van der Waals surface area (Å²) in [6, 6.07) is 0. The second-order valence-corrected chi connectivity index (χ2v) is 5.58. The third-order valence-corrected chi connectivity index (χ3v) is 4.14. The van der Waals surface area contributed by atoms with E-state index in [1.54, 1.807) is 0 Å². The fourth-order valence-corrected chi connectivity index (χ4v) is 2.79. The molecular weight excluding hydrogens is 254 g/mol. The van der Waals surface area contributed by atoms with E-state index in [0.717, 1.165) is 49.3 Å². The Kier molecular flexibility index (Phi) is 4.77. The highest BCUT2D eigenvalue weighted by molar-refractivity contribution is 5.57. The molecule has 0 bridgehead atoms. The van der Waals surface area contributed by atoms with Gasteiger partial charge in [0.05, 0.1) is 12.1 Å². The molecule has 112 valence electrons. The lowest BCUT2D eigenvalue weighted by molar-refractivity contribution is 0.172. The van der Waals surface area contributed by atoms with Crippen LogP contribution in [0.4, 0.5) is 11.6 Å². The van der Waals surface area contributed by atoms with Gasteiger partial charge < -0.3 is 15.8 Å². The summed E-state index contributed by atoms with van der Waals surface area (Å²) in [5, 5.41) is 13.3. The SMILES string of the molecule is CCc1nc(NN)c(C)c(NC2(CO)CCCCC2)n1. The van der Waals surface area contributed by atoms with Crippen LogP contribution in [0.5, 0.6) is 0 Å². The minimum Gasteiger partial charge on any atom is -0.394 e. The first-order chi connectivity index (χ1) is 9.64. The van der Waals surface area contributed by atoms with Gasteiger partial charge in [-0.3, -0.25) is 0 Å². The van der Waals surface area contributed by atoms with Crippen LogP contribution < -0.4 is 16.6 Å². The number of aromatic nitrogens is 2. The molecule has 1 saturated carbocycles. The third-order valence-electron chi connectivity index (χ3n) is 4.14. The largest absolute Gasteiger partial charge is 0.394 e. The number of anilines is 2. The normalized spacial score (nSPS) is 17.8. The van der Waals surface area contributed by atoms with Crippen LogP contribution in [0.25, 0.3) is 0 Å². The molecule has 1 aliphatic rings. The number of hydrogen-bond donors (Lipinski definition) is 4. The average molecular weight is 279 g/mol. The molecule has 2 rings (SSSR count). The number of nitrogens with two attached hydrogens (primary N) is 1. The number of nitrogens with zero attached hydrogens (tertiary/aromatic N) is 2. The highest BCUT2D eigenvalue weighted by Gasteiger charge is 2.32. The van der Waals surface area contributed by atoms with Crippen molar-refractivity contribution >= 4 is 11.6 Å². The molecule has 0 aromatic carbocycles. The number of hydrazine groups is 1. The number of hydrogen-bond acceptors (Lipinski definition) is 6. The van der Waals surface area contributed by atoms with Crippen LogP contribution >= 0.6 is 0 Å². The molecule has 5 N–H and O–H groups in total. The van der Waals surface area contributed by atoms with Gasteiger partial charge in [0.2, 0.25) is 0 Å². The lowest BCUT2D eigenvalue weighted by atomic mass is 9.82. The van der Waals surface area contributed by atoms with Crippen LogP contribution in [-0.2, 0) is 6.42 Å². The number of rotatable bonds is 5. The Morgan fingerprint density at radius 2 is 1.85 bits per heavy atom. The van der Waals surface area contributed by atoms with Crippen molar-refractivity contribution in [2.75, 3.05) is 17.3 Å². The van der Waals surface area contributed by atoms with E-state index in [4.69, 9.17) is 5.84 Å². The van der Waals surface area contributed by atoms with E-state index in [-0.39, 0.29) is 12.1 Å². The molecule has 0 spiro atoms. The van der Waals surface area contributed by atoms with E-state index in [9.17, 15) is 5.11 Å². The molecule has 0 amide bonds. The zero-order chi connectivity index (χ0) is 14.6. The molecule has 1 aliphatic carbocycles. The highest BCUT2D eigenvalue weighted by Crippen LogP contribution is 2.32. The molecule has 0 radical (unpaired) electrons. The lowest BCUT2D eigenvalue weighted by Crippen LogP contribution is -2.44. The smallest absolute Gasteiger partial charge is 0.148 e. The number of aryl methyl sites for hydroxylation is 1. The Balaban J connectivity index is 2.31. The van der Waals surface area contributed by atoms with Gasteiger partial charge >= 0.3 is 0 Å². The molecule has 1 aromatic heterocycles. The van der Waals surface area contributed by atoms with Gasteiger partial charge in [-0.25, -0.2) is 15.8 Å². The van der Waals surface area contributed by atoms with Crippen molar-refractivity contribution in [3.05, 3.63) is 11.4 Å². The molecule has 0 atom stereocenters. The predicted molar refractivity (Wildman–Crippen MR) is 80.5 cm³/mol. The Morgan fingerprint density at radius 1 is 1.20 bits per heavy atom. The van der Waals surface area contributed by atoms with Crippen molar-refractivity contribution in [2.45, 2.75) is 57.9 Å². The lowest BCUT2D eigenvalue weighted by Gasteiger charge is -2.37. The fourth-order valence-electron chi connectivity index (χ4n) is 2.79. The quantitative estimate of drug-likeness (QED) is 0.484. The number of nitrogen functional groups attached to an aromatic ring is 1. The van der Waals surface area contributed by atoms with Crippen molar-refractivity contribution in [3.8, 4) is 0 Å². The summed E-state index contributed by atoms with van der Waals surface area (Å²) in [6.45, 7) is 4.07. The second kappa shape index (κ2) is 6.37. The summed E-state index contributed by atoms with van der Waals surface area (Å²) in [5.74, 6) is 7.69. The van der Waals surface area contributed by atoms with Crippen LogP contribution in [0.3, 0.4) is 0 Å². The maximum absolute atomic E-state index is 9.80. The molecule has 20 heavy (non-hydrogen) atoms. The molecule has 0 saturated heterocycles. The Morgan fingerprint density at radius 3 is 2.40 bits per heavy atom. The molecule has 0 aliphatic heterocycles. The fraction of sp³-hybridized carbons (Fsp3) is 0.714. The summed E-state index contributed by atoms with van der Waals surface area (Å²) in [4.78, 5) is 8.92. The summed E-state index contributed by atoms with van der Waals surface area (Å²) in [5.41, 5.74) is 3.26. The van der Waals surface area contributed by atoms with Gasteiger partial charge in [-0.05, 0) is 19.8 Å². The Labute approximate surface area is 120 Å².